The van der Waals surface area contributed by atoms with Crippen molar-refractivity contribution in [1.29, 1.82) is 0 Å². The van der Waals surface area contributed by atoms with Crippen molar-refractivity contribution in [2.24, 2.45) is 0 Å². The van der Waals surface area contributed by atoms with Gasteiger partial charge in [0, 0.05) is 11.6 Å². The van der Waals surface area contributed by atoms with Gasteiger partial charge in [-0.25, -0.2) is 0 Å². The van der Waals surface area contributed by atoms with Crippen LogP contribution in [0.4, 0.5) is 0 Å². The molecule has 0 unspecified atom stereocenters. The molecule has 0 radical (unpaired) electrons. The molecular weight excluding hydrogens is 254 g/mol. The molecule has 0 aliphatic heterocycles. The van der Waals surface area contributed by atoms with Crippen LogP contribution in [-0.4, -0.2) is 6.54 Å². The number of benzene rings is 2. The van der Waals surface area contributed by atoms with Gasteiger partial charge in [0.2, 0.25) is 0 Å². The van der Waals surface area contributed by atoms with Crippen molar-refractivity contribution in [3.8, 4) is 11.1 Å². The molecule has 0 spiro atoms. The fraction of sp³-hybridized carbons (Fsp3) is 0.294. The first-order chi connectivity index (χ1) is 9.20. The van der Waals surface area contributed by atoms with E-state index in [-0.39, 0.29) is 0 Å². The Morgan fingerprint density at radius 1 is 1.05 bits per heavy atom. The zero-order valence-corrected chi connectivity index (χ0v) is 12.3. The summed E-state index contributed by atoms with van der Waals surface area (Å²) < 4.78 is 0. The zero-order chi connectivity index (χ0) is 13.7. The monoisotopic (exact) mass is 273 g/mol. The second kappa shape index (κ2) is 6.74. The van der Waals surface area contributed by atoms with E-state index in [9.17, 15) is 0 Å². The molecule has 100 valence electrons. The second-order valence-corrected chi connectivity index (χ2v) is 5.26. The first kappa shape index (κ1) is 14.1. The Balaban J connectivity index is 2.19. The fourth-order valence-corrected chi connectivity index (χ4v) is 2.34. The van der Waals surface area contributed by atoms with Crippen molar-refractivity contribution >= 4 is 11.6 Å². The highest BCUT2D eigenvalue weighted by Crippen LogP contribution is 2.26. The average Bonchev–Trinajstić information content (AvgIpc) is 2.41. The fourth-order valence-electron chi connectivity index (χ4n) is 2.09. The summed E-state index contributed by atoms with van der Waals surface area (Å²) in [6.45, 7) is 6.13. The molecule has 0 atom stereocenters. The molecular formula is C17H20ClN. The first-order valence-corrected chi connectivity index (χ1v) is 7.14. The van der Waals surface area contributed by atoms with Crippen molar-refractivity contribution < 1.29 is 0 Å². The quantitative estimate of drug-likeness (QED) is 0.771. The lowest BCUT2D eigenvalue weighted by atomic mass is 10.0. The van der Waals surface area contributed by atoms with Crippen molar-refractivity contribution in [2.75, 3.05) is 6.54 Å². The van der Waals surface area contributed by atoms with Gasteiger partial charge in [0.25, 0.3) is 0 Å². The molecule has 2 aromatic carbocycles. The summed E-state index contributed by atoms with van der Waals surface area (Å²) in [7, 11) is 0. The molecule has 2 heteroatoms. The number of nitrogens with one attached hydrogen (secondary N) is 1. The van der Waals surface area contributed by atoms with Gasteiger partial charge < -0.3 is 5.32 Å². The van der Waals surface area contributed by atoms with E-state index < -0.39 is 0 Å². The number of rotatable bonds is 5. The minimum atomic E-state index is 0.834. The number of hydrogen-bond donors (Lipinski definition) is 1. The minimum absolute atomic E-state index is 0.834. The summed E-state index contributed by atoms with van der Waals surface area (Å²) in [6, 6.07) is 14.8. The van der Waals surface area contributed by atoms with Crippen LogP contribution < -0.4 is 5.32 Å². The van der Waals surface area contributed by atoms with Crippen molar-refractivity contribution in [1.82, 2.24) is 5.32 Å². The van der Waals surface area contributed by atoms with Gasteiger partial charge in [-0.05, 0) is 42.6 Å². The third-order valence-corrected chi connectivity index (χ3v) is 3.50. The highest BCUT2D eigenvalue weighted by molar-refractivity contribution is 6.31. The summed E-state index contributed by atoms with van der Waals surface area (Å²) in [4.78, 5) is 0. The van der Waals surface area contributed by atoms with E-state index in [1.807, 2.05) is 0 Å². The minimum Gasteiger partial charge on any atom is -0.313 e. The van der Waals surface area contributed by atoms with Gasteiger partial charge in [-0.3, -0.25) is 0 Å². The molecule has 1 nitrogen and oxygen atoms in total. The van der Waals surface area contributed by atoms with Crippen LogP contribution in [0.2, 0.25) is 5.02 Å². The topological polar surface area (TPSA) is 12.0 Å². The molecule has 0 saturated carbocycles. The van der Waals surface area contributed by atoms with E-state index in [1.165, 1.54) is 16.7 Å². The van der Waals surface area contributed by atoms with Crippen LogP contribution in [0.25, 0.3) is 11.1 Å². The van der Waals surface area contributed by atoms with Gasteiger partial charge in [0.05, 0.1) is 0 Å². The van der Waals surface area contributed by atoms with Crippen LogP contribution in [0.15, 0.2) is 42.5 Å². The van der Waals surface area contributed by atoms with Gasteiger partial charge in [-0.2, -0.15) is 0 Å². The van der Waals surface area contributed by atoms with Crippen LogP contribution in [-0.2, 0) is 6.54 Å². The molecule has 2 rings (SSSR count). The molecule has 1 N–H and O–H groups in total. The normalized spacial score (nSPS) is 10.7. The van der Waals surface area contributed by atoms with Gasteiger partial charge >= 0.3 is 0 Å². The first-order valence-electron chi connectivity index (χ1n) is 6.77. The molecule has 0 heterocycles. The maximum absolute atomic E-state index is 6.36. The van der Waals surface area contributed by atoms with Gasteiger partial charge in [-0.1, -0.05) is 60.5 Å². The standard InChI is InChI=1S/C17H20ClN/c1-3-9-19-12-16-8-7-15(11-17(16)18)14-6-4-5-13(2)10-14/h4-8,10-11,19H,3,9,12H2,1-2H3. The molecule has 0 saturated heterocycles. The van der Waals surface area contributed by atoms with Crippen molar-refractivity contribution in [2.45, 2.75) is 26.8 Å². The molecule has 2 aromatic rings. The van der Waals surface area contributed by atoms with Gasteiger partial charge in [0.1, 0.15) is 0 Å². The lowest BCUT2D eigenvalue weighted by molar-refractivity contribution is 0.675. The summed E-state index contributed by atoms with van der Waals surface area (Å²) in [5.74, 6) is 0. The lowest BCUT2D eigenvalue weighted by Crippen LogP contribution is -2.13. The Bertz CT molecular complexity index is 549. The third kappa shape index (κ3) is 3.82. The van der Waals surface area contributed by atoms with E-state index in [2.05, 4.69) is 61.6 Å². The Kier molecular flexibility index (Phi) is 5.00. The van der Waals surface area contributed by atoms with E-state index >= 15 is 0 Å². The zero-order valence-electron chi connectivity index (χ0n) is 11.5. The molecule has 0 bridgehead atoms. The maximum Gasteiger partial charge on any atom is 0.0457 e. The predicted molar refractivity (Wildman–Crippen MR) is 83.6 cm³/mol. The van der Waals surface area contributed by atoms with Crippen LogP contribution in [0.5, 0.6) is 0 Å². The smallest absolute Gasteiger partial charge is 0.0457 e. The third-order valence-electron chi connectivity index (χ3n) is 3.15. The van der Waals surface area contributed by atoms with Crippen LogP contribution >= 0.6 is 11.6 Å². The maximum atomic E-state index is 6.36. The predicted octanol–water partition coefficient (Wildman–Crippen LogP) is 4.82. The molecule has 0 aliphatic rings. The highest BCUT2D eigenvalue weighted by Gasteiger charge is 2.03. The van der Waals surface area contributed by atoms with Gasteiger partial charge in [-0.15, -0.1) is 0 Å². The molecule has 0 fully saturated rings. The second-order valence-electron chi connectivity index (χ2n) is 4.85. The Labute approximate surface area is 120 Å². The van der Waals surface area contributed by atoms with E-state index in [0.29, 0.717) is 0 Å². The molecule has 19 heavy (non-hydrogen) atoms. The Hall–Kier alpha value is -1.31. The van der Waals surface area contributed by atoms with E-state index in [4.69, 9.17) is 11.6 Å². The summed E-state index contributed by atoms with van der Waals surface area (Å²) in [5.41, 5.74) is 4.82. The summed E-state index contributed by atoms with van der Waals surface area (Å²) >= 11 is 6.36. The Morgan fingerprint density at radius 2 is 1.84 bits per heavy atom. The molecule has 0 aromatic heterocycles. The summed E-state index contributed by atoms with van der Waals surface area (Å²) in [5, 5.41) is 4.21. The number of hydrogen-bond acceptors (Lipinski definition) is 1. The van der Waals surface area contributed by atoms with Gasteiger partial charge in [0.15, 0.2) is 0 Å². The van der Waals surface area contributed by atoms with E-state index in [0.717, 1.165) is 30.1 Å². The van der Waals surface area contributed by atoms with Crippen LogP contribution in [0.3, 0.4) is 0 Å². The van der Waals surface area contributed by atoms with Crippen LogP contribution in [0, 0.1) is 6.92 Å². The largest absolute Gasteiger partial charge is 0.313 e. The average molecular weight is 274 g/mol. The Morgan fingerprint density at radius 3 is 2.53 bits per heavy atom. The van der Waals surface area contributed by atoms with E-state index in [1.54, 1.807) is 0 Å². The SMILES string of the molecule is CCCNCc1ccc(-c2cccc(C)c2)cc1Cl. The molecule has 0 aliphatic carbocycles. The lowest BCUT2D eigenvalue weighted by Gasteiger charge is -2.09. The number of aryl methyl sites for hydroxylation is 1. The van der Waals surface area contributed by atoms with Crippen molar-refractivity contribution in [3.05, 3.63) is 58.6 Å². The summed E-state index contributed by atoms with van der Waals surface area (Å²) in [6.07, 6.45) is 1.14. The molecule has 0 amide bonds. The number of halogens is 1. The highest BCUT2D eigenvalue weighted by atomic mass is 35.5. The van der Waals surface area contributed by atoms with Crippen molar-refractivity contribution in [3.63, 3.8) is 0 Å². The van der Waals surface area contributed by atoms with Crippen LogP contribution in [0.1, 0.15) is 24.5 Å².